The SMILES string of the molecule is C=CCN(c1ccccc1)N(C)C(=O)OC(C)(C)C. The molecule has 4 heteroatoms. The van der Waals surface area contributed by atoms with Gasteiger partial charge in [0.05, 0.1) is 12.2 Å². The molecule has 0 spiro atoms. The third-order valence-electron chi connectivity index (χ3n) is 2.38. The highest BCUT2D eigenvalue weighted by atomic mass is 16.6. The largest absolute Gasteiger partial charge is 0.442 e. The Hall–Kier alpha value is -1.97. The summed E-state index contributed by atoms with van der Waals surface area (Å²) in [5.74, 6) is 0. The number of carbonyl (C=O) groups is 1. The smallest absolute Gasteiger partial charge is 0.429 e. The molecule has 0 atom stereocenters. The van der Waals surface area contributed by atoms with E-state index >= 15 is 0 Å². The van der Waals surface area contributed by atoms with Crippen molar-refractivity contribution in [1.82, 2.24) is 5.01 Å². The average Bonchev–Trinajstić information content (AvgIpc) is 2.34. The first-order valence-corrected chi connectivity index (χ1v) is 6.25. The molecule has 1 rings (SSSR count). The summed E-state index contributed by atoms with van der Waals surface area (Å²) in [7, 11) is 1.69. The molecule has 0 unspecified atom stereocenters. The van der Waals surface area contributed by atoms with Gasteiger partial charge in [-0.3, -0.25) is 5.01 Å². The van der Waals surface area contributed by atoms with Crippen molar-refractivity contribution in [3.63, 3.8) is 0 Å². The summed E-state index contributed by atoms with van der Waals surface area (Å²) in [6, 6.07) is 9.65. The van der Waals surface area contributed by atoms with E-state index in [1.54, 1.807) is 18.1 Å². The average molecular weight is 262 g/mol. The van der Waals surface area contributed by atoms with Crippen LogP contribution in [-0.4, -0.2) is 30.3 Å². The van der Waals surface area contributed by atoms with Crippen molar-refractivity contribution in [2.75, 3.05) is 18.6 Å². The first kappa shape index (κ1) is 15.1. The molecule has 0 saturated heterocycles. The van der Waals surface area contributed by atoms with Crippen molar-refractivity contribution in [2.45, 2.75) is 26.4 Å². The van der Waals surface area contributed by atoms with Gasteiger partial charge in [0.2, 0.25) is 0 Å². The molecule has 0 aliphatic rings. The van der Waals surface area contributed by atoms with E-state index in [2.05, 4.69) is 6.58 Å². The molecule has 0 fully saturated rings. The van der Waals surface area contributed by atoms with Gasteiger partial charge in [-0.1, -0.05) is 24.3 Å². The number of para-hydroxylation sites is 1. The van der Waals surface area contributed by atoms with Crippen molar-refractivity contribution in [1.29, 1.82) is 0 Å². The second-order valence-corrected chi connectivity index (χ2v) is 5.21. The van der Waals surface area contributed by atoms with E-state index in [4.69, 9.17) is 4.74 Å². The fourth-order valence-corrected chi connectivity index (χ4v) is 1.55. The molecule has 0 aliphatic carbocycles. The Bertz CT molecular complexity index is 424. The van der Waals surface area contributed by atoms with Gasteiger partial charge < -0.3 is 4.74 Å². The number of hydrazine groups is 1. The predicted octanol–water partition coefficient (Wildman–Crippen LogP) is 3.46. The zero-order chi connectivity index (χ0) is 14.5. The Kier molecular flexibility index (Phi) is 4.98. The molecule has 0 radical (unpaired) electrons. The minimum absolute atomic E-state index is 0.391. The molecular formula is C15H22N2O2. The van der Waals surface area contributed by atoms with Crippen molar-refractivity contribution < 1.29 is 9.53 Å². The monoisotopic (exact) mass is 262 g/mol. The first-order valence-electron chi connectivity index (χ1n) is 6.25. The third kappa shape index (κ3) is 4.66. The van der Waals surface area contributed by atoms with Crippen molar-refractivity contribution in [3.05, 3.63) is 43.0 Å². The maximum atomic E-state index is 12.1. The molecule has 1 aromatic carbocycles. The van der Waals surface area contributed by atoms with Gasteiger partial charge in [0.15, 0.2) is 0 Å². The van der Waals surface area contributed by atoms with Crippen molar-refractivity contribution in [3.8, 4) is 0 Å². The normalized spacial score (nSPS) is 10.7. The number of hydrogen-bond donors (Lipinski definition) is 0. The molecule has 0 bridgehead atoms. The molecule has 0 heterocycles. The predicted molar refractivity (Wildman–Crippen MR) is 78.0 cm³/mol. The number of hydrogen-bond acceptors (Lipinski definition) is 3. The number of ether oxygens (including phenoxy) is 1. The van der Waals surface area contributed by atoms with E-state index in [0.29, 0.717) is 6.54 Å². The van der Waals surface area contributed by atoms with Crippen LogP contribution in [0.4, 0.5) is 10.5 Å². The van der Waals surface area contributed by atoms with Gasteiger partial charge in [0.1, 0.15) is 5.60 Å². The number of anilines is 1. The van der Waals surface area contributed by atoms with Crippen LogP contribution in [0.2, 0.25) is 0 Å². The highest BCUT2D eigenvalue weighted by Crippen LogP contribution is 2.17. The zero-order valence-electron chi connectivity index (χ0n) is 12.1. The quantitative estimate of drug-likeness (QED) is 0.615. The second kappa shape index (κ2) is 6.27. The van der Waals surface area contributed by atoms with Crippen molar-refractivity contribution >= 4 is 11.8 Å². The standard InChI is InChI=1S/C15H22N2O2/c1-6-12-17(13-10-8-7-9-11-13)16(5)14(18)19-15(2,3)4/h6-11H,1,12H2,2-5H3. The minimum atomic E-state index is -0.512. The van der Waals surface area contributed by atoms with Crippen LogP contribution in [0, 0.1) is 0 Å². The minimum Gasteiger partial charge on any atom is -0.442 e. The lowest BCUT2D eigenvalue weighted by Crippen LogP contribution is -2.46. The van der Waals surface area contributed by atoms with E-state index in [-0.39, 0.29) is 0 Å². The lowest BCUT2D eigenvalue weighted by atomic mass is 10.2. The van der Waals surface area contributed by atoms with Crippen LogP contribution in [0.3, 0.4) is 0 Å². The number of rotatable bonds is 4. The summed E-state index contributed by atoms with van der Waals surface area (Å²) in [6.45, 7) is 9.79. The van der Waals surface area contributed by atoms with Crippen LogP contribution >= 0.6 is 0 Å². The van der Waals surface area contributed by atoms with Crippen LogP contribution in [-0.2, 0) is 4.74 Å². The van der Waals surface area contributed by atoms with Crippen LogP contribution in [0.25, 0.3) is 0 Å². The molecule has 1 amide bonds. The van der Waals surface area contributed by atoms with Crippen LogP contribution in [0.5, 0.6) is 0 Å². The number of benzene rings is 1. The van der Waals surface area contributed by atoms with Crippen molar-refractivity contribution in [2.24, 2.45) is 0 Å². The molecule has 0 aromatic heterocycles. The van der Waals surface area contributed by atoms with Gasteiger partial charge in [-0.15, -0.1) is 6.58 Å². The van der Waals surface area contributed by atoms with Crippen LogP contribution < -0.4 is 5.01 Å². The van der Waals surface area contributed by atoms with E-state index in [1.807, 2.05) is 51.1 Å². The fraction of sp³-hybridized carbons (Fsp3) is 0.400. The Balaban J connectivity index is 2.87. The van der Waals surface area contributed by atoms with E-state index in [0.717, 1.165) is 5.69 Å². The topological polar surface area (TPSA) is 32.8 Å². The van der Waals surface area contributed by atoms with E-state index < -0.39 is 11.7 Å². The molecule has 0 saturated carbocycles. The third-order valence-corrected chi connectivity index (χ3v) is 2.38. The second-order valence-electron chi connectivity index (χ2n) is 5.21. The Morgan fingerprint density at radius 2 is 1.89 bits per heavy atom. The number of amides is 1. The Morgan fingerprint density at radius 1 is 1.32 bits per heavy atom. The maximum Gasteiger partial charge on any atom is 0.429 e. The number of carbonyl (C=O) groups excluding carboxylic acids is 1. The lowest BCUT2D eigenvalue weighted by molar-refractivity contribution is 0.0281. The molecule has 104 valence electrons. The highest BCUT2D eigenvalue weighted by molar-refractivity contribution is 5.70. The molecule has 1 aromatic rings. The summed E-state index contributed by atoms with van der Waals surface area (Å²) in [5.41, 5.74) is 0.401. The fourth-order valence-electron chi connectivity index (χ4n) is 1.55. The summed E-state index contributed by atoms with van der Waals surface area (Å²) >= 11 is 0. The number of nitrogens with zero attached hydrogens (tertiary/aromatic N) is 2. The molecule has 19 heavy (non-hydrogen) atoms. The lowest BCUT2D eigenvalue weighted by Gasteiger charge is -2.34. The van der Waals surface area contributed by atoms with Gasteiger partial charge in [0.25, 0.3) is 0 Å². The van der Waals surface area contributed by atoms with E-state index in [9.17, 15) is 4.79 Å². The molecule has 0 aliphatic heterocycles. The van der Waals surface area contributed by atoms with Gasteiger partial charge in [-0.25, -0.2) is 9.80 Å². The van der Waals surface area contributed by atoms with Crippen LogP contribution in [0.15, 0.2) is 43.0 Å². The van der Waals surface area contributed by atoms with Gasteiger partial charge in [-0.2, -0.15) is 0 Å². The van der Waals surface area contributed by atoms with Crippen LogP contribution in [0.1, 0.15) is 20.8 Å². The van der Waals surface area contributed by atoms with E-state index in [1.165, 1.54) is 5.01 Å². The summed E-state index contributed by atoms with van der Waals surface area (Å²) in [4.78, 5) is 12.1. The highest BCUT2D eigenvalue weighted by Gasteiger charge is 2.23. The summed E-state index contributed by atoms with van der Waals surface area (Å²) in [6.07, 6.45) is 1.35. The summed E-state index contributed by atoms with van der Waals surface area (Å²) in [5, 5.41) is 3.27. The molecule has 4 nitrogen and oxygen atoms in total. The maximum absolute atomic E-state index is 12.1. The molecule has 0 N–H and O–H groups in total. The van der Waals surface area contributed by atoms with Gasteiger partial charge in [-0.05, 0) is 32.9 Å². The Morgan fingerprint density at radius 3 is 2.37 bits per heavy atom. The van der Waals surface area contributed by atoms with Gasteiger partial charge >= 0.3 is 6.09 Å². The summed E-state index contributed by atoms with van der Waals surface area (Å²) < 4.78 is 5.36. The first-order chi connectivity index (χ1) is 8.85. The Labute approximate surface area is 115 Å². The zero-order valence-corrected chi connectivity index (χ0v) is 12.1. The molecular weight excluding hydrogens is 240 g/mol. The van der Waals surface area contributed by atoms with Gasteiger partial charge in [0, 0.05) is 7.05 Å².